The van der Waals surface area contributed by atoms with E-state index >= 15 is 0 Å². The van der Waals surface area contributed by atoms with Crippen LogP contribution >= 0.6 is 25.3 Å². The Bertz CT molecular complexity index is 114. The van der Waals surface area contributed by atoms with Crippen molar-refractivity contribution in [1.82, 2.24) is 0 Å². The van der Waals surface area contributed by atoms with Gasteiger partial charge >= 0.3 is 0 Å². The molecular weight excluding hydrogens is 160 g/mol. The molecule has 0 amide bonds. The van der Waals surface area contributed by atoms with Gasteiger partial charge in [0.1, 0.15) is 0 Å². The first-order valence-electron chi connectivity index (χ1n) is 4.03. The van der Waals surface area contributed by atoms with Crippen LogP contribution in [0.15, 0.2) is 0 Å². The minimum Gasteiger partial charge on any atom is -0.174 e. The summed E-state index contributed by atoms with van der Waals surface area (Å²) in [5.74, 6) is 1.57. The highest BCUT2D eigenvalue weighted by atomic mass is 32.1. The van der Waals surface area contributed by atoms with Crippen molar-refractivity contribution >= 4 is 25.3 Å². The Morgan fingerprint density at radius 2 is 1.90 bits per heavy atom. The summed E-state index contributed by atoms with van der Waals surface area (Å²) in [6, 6.07) is 0. The van der Waals surface area contributed by atoms with Crippen LogP contribution in [0.25, 0.3) is 0 Å². The first-order chi connectivity index (χ1) is 4.66. The molecule has 1 saturated carbocycles. The molecule has 0 aromatic carbocycles. The Kier molecular flexibility index (Phi) is 2.99. The van der Waals surface area contributed by atoms with Crippen molar-refractivity contribution in [3.63, 3.8) is 0 Å². The fourth-order valence-corrected chi connectivity index (χ4v) is 2.77. The summed E-state index contributed by atoms with van der Waals surface area (Å²) in [7, 11) is 0. The molecule has 0 aliphatic heterocycles. The third kappa shape index (κ3) is 1.48. The zero-order chi connectivity index (χ0) is 7.72. The van der Waals surface area contributed by atoms with E-state index in [4.69, 9.17) is 0 Å². The maximum atomic E-state index is 4.55. The van der Waals surface area contributed by atoms with E-state index in [1.807, 2.05) is 0 Å². The normalized spacial score (nSPS) is 48.0. The van der Waals surface area contributed by atoms with Crippen LogP contribution in [-0.4, -0.2) is 10.5 Å². The summed E-state index contributed by atoms with van der Waals surface area (Å²) < 4.78 is 0. The second kappa shape index (κ2) is 3.40. The maximum absolute atomic E-state index is 4.55. The standard InChI is InChI=1S/C8H16S2/c1-3-6-4-5(2)7(9)8(6)10/h5-10H,3-4H2,1-2H3. The van der Waals surface area contributed by atoms with Gasteiger partial charge in [0.25, 0.3) is 0 Å². The van der Waals surface area contributed by atoms with Crippen LogP contribution in [0.2, 0.25) is 0 Å². The smallest absolute Gasteiger partial charge is 0.0164 e. The van der Waals surface area contributed by atoms with Crippen molar-refractivity contribution < 1.29 is 0 Å². The largest absolute Gasteiger partial charge is 0.174 e. The molecule has 4 atom stereocenters. The molecule has 0 N–H and O–H groups in total. The zero-order valence-corrected chi connectivity index (χ0v) is 8.41. The molecule has 0 nitrogen and oxygen atoms in total. The highest BCUT2D eigenvalue weighted by molar-refractivity contribution is 7.85. The molecule has 1 aliphatic rings. The minimum absolute atomic E-state index is 0.522. The Balaban J connectivity index is 2.53. The predicted molar refractivity (Wildman–Crippen MR) is 53.1 cm³/mol. The molecular formula is C8H16S2. The molecule has 0 radical (unpaired) electrons. The topological polar surface area (TPSA) is 0 Å². The molecule has 0 saturated heterocycles. The SMILES string of the molecule is CCC1CC(C)C(S)C1S. The molecule has 1 aliphatic carbocycles. The van der Waals surface area contributed by atoms with Crippen LogP contribution in [0.3, 0.4) is 0 Å². The maximum Gasteiger partial charge on any atom is 0.0164 e. The molecule has 1 rings (SSSR count). The summed E-state index contributed by atoms with van der Waals surface area (Å²) in [5, 5.41) is 1.05. The fourth-order valence-electron chi connectivity index (χ4n) is 1.78. The van der Waals surface area contributed by atoms with Gasteiger partial charge in [-0.05, 0) is 18.3 Å². The lowest BCUT2D eigenvalue weighted by Crippen LogP contribution is -2.16. The summed E-state index contributed by atoms with van der Waals surface area (Å²) in [6.07, 6.45) is 2.58. The van der Waals surface area contributed by atoms with Crippen molar-refractivity contribution in [3.8, 4) is 0 Å². The van der Waals surface area contributed by atoms with E-state index in [1.54, 1.807) is 0 Å². The highest BCUT2D eigenvalue weighted by Crippen LogP contribution is 2.39. The van der Waals surface area contributed by atoms with Crippen LogP contribution < -0.4 is 0 Å². The second-order valence-electron chi connectivity index (χ2n) is 3.36. The first kappa shape index (κ1) is 8.79. The van der Waals surface area contributed by atoms with E-state index in [0.717, 1.165) is 11.8 Å². The van der Waals surface area contributed by atoms with E-state index in [0.29, 0.717) is 10.5 Å². The average Bonchev–Trinajstić information content (AvgIpc) is 2.17. The van der Waals surface area contributed by atoms with E-state index in [-0.39, 0.29) is 0 Å². The average molecular weight is 176 g/mol. The second-order valence-corrected chi connectivity index (χ2v) is 4.56. The summed E-state index contributed by atoms with van der Waals surface area (Å²) >= 11 is 9.06. The number of thiol groups is 2. The van der Waals surface area contributed by atoms with Gasteiger partial charge in [-0.1, -0.05) is 20.3 Å². The lowest BCUT2D eigenvalue weighted by atomic mass is 10.0. The number of hydrogen-bond acceptors (Lipinski definition) is 2. The monoisotopic (exact) mass is 176 g/mol. The molecule has 0 aromatic rings. The van der Waals surface area contributed by atoms with Gasteiger partial charge in [-0.25, -0.2) is 0 Å². The third-order valence-electron chi connectivity index (χ3n) is 2.61. The molecule has 1 fully saturated rings. The molecule has 4 unspecified atom stereocenters. The van der Waals surface area contributed by atoms with Crippen molar-refractivity contribution in [2.24, 2.45) is 11.8 Å². The highest BCUT2D eigenvalue weighted by Gasteiger charge is 2.35. The lowest BCUT2D eigenvalue weighted by Gasteiger charge is -2.14. The van der Waals surface area contributed by atoms with Gasteiger partial charge < -0.3 is 0 Å². The van der Waals surface area contributed by atoms with Crippen molar-refractivity contribution in [3.05, 3.63) is 0 Å². The molecule has 10 heavy (non-hydrogen) atoms. The van der Waals surface area contributed by atoms with Gasteiger partial charge in [0.15, 0.2) is 0 Å². The molecule has 0 aromatic heterocycles. The predicted octanol–water partition coefficient (Wildman–Crippen LogP) is 2.65. The van der Waals surface area contributed by atoms with Gasteiger partial charge in [0.2, 0.25) is 0 Å². The van der Waals surface area contributed by atoms with Gasteiger partial charge in [0, 0.05) is 10.5 Å². The quantitative estimate of drug-likeness (QED) is 0.564. The van der Waals surface area contributed by atoms with E-state index < -0.39 is 0 Å². The van der Waals surface area contributed by atoms with E-state index in [2.05, 4.69) is 39.1 Å². The van der Waals surface area contributed by atoms with Gasteiger partial charge in [0.05, 0.1) is 0 Å². The molecule has 0 spiro atoms. The molecule has 0 heterocycles. The van der Waals surface area contributed by atoms with E-state index in [9.17, 15) is 0 Å². The van der Waals surface area contributed by atoms with Crippen LogP contribution in [0.4, 0.5) is 0 Å². The first-order valence-corrected chi connectivity index (χ1v) is 5.06. The summed E-state index contributed by atoms with van der Waals surface area (Å²) in [4.78, 5) is 0. The van der Waals surface area contributed by atoms with E-state index in [1.165, 1.54) is 12.8 Å². The summed E-state index contributed by atoms with van der Waals surface area (Å²) in [6.45, 7) is 4.52. The van der Waals surface area contributed by atoms with Crippen LogP contribution in [-0.2, 0) is 0 Å². The minimum atomic E-state index is 0.522. The van der Waals surface area contributed by atoms with Gasteiger partial charge in [-0.2, -0.15) is 25.3 Å². The Hall–Kier alpha value is 0.700. The summed E-state index contributed by atoms with van der Waals surface area (Å²) in [5.41, 5.74) is 0. The van der Waals surface area contributed by atoms with Crippen molar-refractivity contribution in [2.75, 3.05) is 0 Å². The third-order valence-corrected chi connectivity index (χ3v) is 4.42. The zero-order valence-electron chi connectivity index (χ0n) is 6.62. The fraction of sp³-hybridized carbons (Fsp3) is 1.00. The number of hydrogen-bond donors (Lipinski definition) is 2. The van der Waals surface area contributed by atoms with Crippen LogP contribution in [0, 0.1) is 11.8 Å². The lowest BCUT2D eigenvalue weighted by molar-refractivity contribution is 0.507. The Morgan fingerprint density at radius 3 is 2.10 bits per heavy atom. The van der Waals surface area contributed by atoms with Crippen molar-refractivity contribution in [2.45, 2.75) is 37.2 Å². The van der Waals surface area contributed by atoms with Gasteiger partial charge in [-0.15, -0.1) is 0 Å². The molecule has 0 bridgehead atoms. The van der Waals surface area contributed by atoms with Crippen LogP contribution in [0.1, 0.15) is 26.7 Å². The molecule has 60 valence electrons. The van der Waals surface area contributed by atoms with Crippen LogP contribution in [0.5, 0.6) is 0 Å². The Morgan fingerprint density at radius 1 is 1.30 bits per heavy atom. The van der Waals surface area contributed by atoms with Crippen molar-refractivity contribution in [1.29, 1.82) is 0 Å². The van der Waals surface area contributed by atoms with Gasteiger partial charge in [-0.3, -0.25) is 0 Å². The Labute approximate surface area is 74.6 Å². The number of rotatable bonds is 1. The molecule has 2 heteroatoms.